The molecule has 0 spiro atoms. The number of benzene rings is 2. The van der Waals surface area contributed by atoms with Crippen LogP contribution in [0.4, 0.5) is 5.69 Å². The Balaban J connectivity index is 2.11. The minimum Gasteiger partial charge on any atom is -0.258 e. The molecule has 22 heavy (non-hydrogen) atoms. The van der Waals surface area contributed by atoms with Gasteiger partial charge in [0.05, 0.1) is 4.92 Å². The maximum absolute atomic E-state index is 11.9. The summed E-state index contributed by atoms with van der Waals surface area (Å²) in [6, 6.07) is 14.7. The van der Waals surface area contributed by atoms with E-state index in [1.165, 1.54) is 36.4 Å². The second kappa shape index (κ2) is 6.82. The van der Waals surface area contributed by atoms with Gasteiger partial charge in [-0.3, -0.25) is 10.1 Å². The minimum absolute atomic E-state index is 0.0380. The lowest BCUT2D eigenvalue weighted by Crippen LogP contribution is -1.89. The Hall–Kier alpha value is -2.73. The lowest BCUT2D eigenvalue weighted by molar-refractivity contribution is -0.384. The fourth-order valence-electron chi connectivity index (χ4n) is 1.66. The third-order valence-electron chi connectivity index (χ3n) is 2.80. The Morgan fingerprint density at radius 1 is 0.818 bits per heavy atom. The molecule has 0 aliphatic rings. The molecule has 2 aromatic rings. The molecule has 0 amide bonds. The van der Waals surface area contributed by atoms with Crippen LogP contribution in [0.3, 0.4) is 0 Å². The molecule has 0 aliphatic heterocycles. The van der Waals surface area contributed by atoms with Gasteiger partial charge < -0.3 is 0 Å². The summed E-state index contributed by atoms with van der Waals surface area (Å²) in [5, 5.41) is 12.7. The predicted molar refractivity (Wildman–Crippen MR) is 86.5 cm³/mol. The van der Waals surface area contributed by atoms with E-state index in [1.807, 2.05) is 18.2 Å². The summed E-state index contributed by atoms with van der Waals surface area (Å²) in [4.78, 5) is 10.0. The quantitative estimate of drug-likeness (QED) is 0.623. The molecule has 0 fully saturated rings. The molecular formula is C16H13NO4S. The number of nitrogens with zero attached hydrogens (tertiary/aromatic N) is 1. The molecule has 5 nitrogen and oxygen atoms in total. The Labute approximate surface area is 128 Å². The first-order valence-corrected chi connectivity index (χ1v) is 7.98. The monoisotopic (exact) mass is 315 g/mol. The van der Waals surface area contributed by atoms with Gasteiger partial charge >= 0.3 is 0 Å². The van der Waals surface area contributed by atoms with Crippen LogP contribution in [-0.2, 0) is 9.84 Å². The van der Waals surface area contributed by atoms with Crippen LogP contribution in [-0.4, -0.2) is 13.3 Å². The van der Waals surface area contributed by atoms with Gasteiger partial charge in [0.25, 0.3) is 5.69 Å². The molecule has 6 heteroatoms. The van der Waals surface area contributed by atoms with E-state index in [1.54, 1.807) is 12.1 Å². The molecule has 2 rings (SSSR count). The second-order valence-electron chi connectivity index (χ2n) is 4.45. The van der Waals surface area contributed by atoms with Crippen molar-refractivity contribution in [2.45, 2.75) is 0 Å². The van der Waals surface area contributed by atoms with E-state index in [9.17, 15) is 18.5 Å². The molecule has 0 atom stereocenters. The molecule has 0 aliphatic carbocycles. The van der Waals surface area contributed by atoms with Crippen molar-refractivity contribution in [1.82, 2.24) is 0 Å². The van der Waals surface area contributed by atoms with Crippen LogP contribution in [0.25, 0.3) is 12.2 Å². The summed E-state index contributed by atoms with van der Waals surface area (Å²) < 4.78 is 23.7. The SMILES string of the molecule is O=[N+]([O-])c1ccc(C=CS(=O)(=O)C=Cc2ccccc2)cc1. The van der Waals surface area contributed by atoms with Gasteiger partial charge in [-0.15, -0.1) is 0 Å². The summed E-state index contributed by atoms with van der Waals surface area (Å²) in [5.74, 6) is 0. The summed E-state index contributed by atoms with van der Waals surface area (Å²) in [7, 11) is -3.50. The zero-order chi connectivity index (χ0) is 16.0. The lowest BCUT2D eigenvalue weighted by Gasteiger charge is -1.94. The number of non-ortho nitro benzene ring substituents is 1. The van der Waals surface area contributed by atoms with Gasteiger partial charge in [0, 0.05) is 22.9 Å². The molecule has 0 radical (unpaired) electrons. The van der Waals surface area contributed by atoms with Crippen LogP contribution in [0.15, 0.2) is 65.4 Å². The van der Waals surface area contributed by atoms with Gasteiger partial charge in [-0.05, 0) is 35.4 Å². The van der Waals surface area contributed by atoms with E-state index in [2.05, 4.69) is 0 Å². The van der Waals surface area contributed by atoms with Gasteiger partial charge in [0.2, 0.25) is 0 Å². The van der Waals surface area contributed by atoms with Crippen molar-refractivity contribution in [3.05, 3.63) is 86.7 Å². The fraction of sp³-hybridized carbons (Fsp3) is 0. The number of hydrogen-bond acceptors (Lipinski definition) is 4. The first kappa shape index (κ1) is 15.7. The summed E-state index contributed by atoms with van der Waals surface area (Å²) in [6.45, 7) is 0. The van der Waals surface area contributed by atoms with Gasteiger partial charge in [-0.2, -0.15) is 0 Å². The number of rotatable bonds is 5. The highest BCUT2D eigenvalue weighted by Crippen LogP contribution is 2.14. The van der Waals surface area contributed by atoms with Crippen molar-refractivity contribution in [3.63, 3.8) is 0 Å². The zero-order valence-electron chi connectivity index (χ0n) is 11.5. The van der Waals surface area contributed by atoms with E-state index < -0.39 is 14.8 Å². The van der Waals surface area contributed by atoms with Gasteiger partial charge in [-0.25, -0.2) is 8.42 Å². The minimum atomic E-state index is -3.50. The second-order valence-corrected chi connectivity index (χ2v) is 6.18. The van der Waals surface area contributed by atoms with Gasteiger partial charge in [0.1, 0.15) is 0 Å². The highest BCUT2D eigenvalue weighted by Gasteiger charge is 2.03. The van der Waals surface area contributed by atoms with Crippen LogP contribution >= 0.6 is 0 Å². The topological polar surface area (TPSA) is 77.3 Å². The van der Waals surface area contributed by atoms with Crippen molar-refractivity contribution >= 4 is 27.7 Å². The van der Waals surface area contributed by atoms with E-state index in [-0.39, 0.29) is 5.69 Å². The Morgan fingerprint density at radius 2 is 1.32 bits per heavy atom. The third-order valence-corrected chi connectivity index (χ3v) is 3.83. The highest BCUT2D eigenvalue weighted by atomic mass is 32.2. The molecule has 0 heterocycles. The van der Waals surface area contributed by atoms with Crippen molar-refractivity contribution in [3.8, 4) is 0 Å². The Morgan fingerprint density at radius 3 is 1.82 bits per heavy atom. The number of nitro benzene ring substituents is 1. The predicted octanol–water partition coefficient (Wildman–Crippen LogP) is 3.65. The first-order valence-electron chi connectivity index (χ1n) is 6.37. The largest absolute Gasteiger partial charge is 0.269 e. The number of sulfone groups is 1. The van der Waals surface area contributed by atoms with Gasteiger partial charge in [0.15, 0.2) is 9.84 Å². The Bertz CT molecular complexity index is 807. The highest BCUT2D eigenvalue weighted by molar-refractivity contribution is 7.97. The Kier molecular flexibility index (Phi) is 4.85. The zero-order valence-corrected chi connectivity index (χ0v) is 12.3. The standard InChI is InChI=1S/C16H13NO4S/c18-17(19)16-8-6-15(7-9-16)11-13-22(20,21)12-10-14-4-2-1-3-5-14/h1-13H. The third kappa shape index (κ3) is 4.68. The van der Waals surface area contributed by atoms with E-state index in [0.29, 0.717) is 5.56 Å². The van der Waals surface area contributed by atoms with Crippen LogP contribution in [0.5, 0.6) is 0 Å². The molecule has 0 bridgehead atoms. The molecule has 2 aromatic carbocycles. The van der Waals surface area contributed by atoms with Crippen LogP contribution < -0.4 is 0 Å². The van der Waals surface area contributed by atoms with Crippen LogP contribution in [0.1, 0.15) is 11.1 Å². The van der Waals surface area contributed by atoms with Crippen molar-refractivity contribution in [2.75, 3.05) is 0 Å². The van der Waals surface area contributed by atoms with Crippen LogP contribution in [0.2, 0.25) is 0 Å². The molecule has 0 aromatic heterocycles. The van der Waals surface area contributed by atoms with E-state index in [4.69, 9.17) is 0 Å². The van der Waals surface area contributed by atoms with Crippen molar-refractivity contribution in [2.24, 2.45) is 0 Å². The number of hydrogen-bond donors (Lipinski definition) is 0. The molecular weight excluding hydrogens is 302 g/mol. The van der Waals surface area contributed by atoms with Gasteiger partial charge in [-0.1, -0.05) is 30.3 Å². The summed E-state index contributed by atoms with van der Waals surface area (Å²) >= 11 is 0. The summed E-state index contributed by atoms with van der Waals surface area (Å²) in [5.41, 5.74) is 1.32. The van der Waals surface area contributed by atoms with Crippen molar-refractivity contribution in [1.29, 1.82) is 0 Å². The smallest absolute Gasteiger partial charge is 0.258 e. The normalized spacial score (nSPS) is 12.0. The lowest BCUT2D eigenvalue weighted by atomic mass is 10.2. The maximum Gasteiger partial charge on any atom is 0.269 e. The summed E-state index contributed by atoms with van der Waals surface area (Å²) in [6.07, 6.45) is 2.91. The average molecular weight is 315 g/mol. The van der Waals surface area contributed by atoms with E-state index >= 15 is 0 Å². The maximum atomic E-state index is 11.9. The molecule has 112 valence electrons. The molecule has 0 saturated carbocycles. The molecule has 0 saturated heterocycles. The number of nitro groups is 1. The first-order chi connectivity index (χ1) is 10.5. The average Bonchev–Trinajstić information content (AvgIpc) is 2.53. The van der Waals surface area contributed by atoms with E-state index in [0.717, 1.165) is 16.4 Å². The fourth-order valence-corrected chi connectivity index (χ4v) is 2.45. The molecule has 0 N–H and O–H groups in total. The van der Waals surface area contributed by atoms with Crippen molar-refractivity contribution < 1.29 is 13.3 Å². The molecule has 0 unspecified atom stereocenters. The van der Waals surface area contributed by atoms with Crippen LogP contribution in [0, 0.1) is 10.1 Å².